The quantitative estimate of drug-likeness (QED) is 0.780. The minimum absolute atomic E-state index is 0.0754. The standard InChI is InChI=1S/C12H14N2O3/c1-2-17-9-5-3-8(4-6-9)14-11(15)7-10(13)12(14)16/h3-6,10H,2,7,13H2,1H3/t10-/m0/s1. The minimum atomic E-state index is -0.714. The van der Waals surface area contributed by atoms with Crippen LogP contribution in [0.3, 0.4) is 0 Å². The summed E-state index contributed by atoms with van der Waals surface area (Å²) in [7, 11) is 0. The Kier molecular flexibility index (Phi) is 3.10. The Bertz CT molecular complexity index is 442. The number of anilines is 1. The Balaban J connectivity index is 2.22. The molecule has 0 bridgehead atoms. The number of carbonyl (C=O) groups is 2. The molecule has 1 atom stereocenters. The van der Waals surface area contributed by atoms with E-state index in [9.17, 15) is 9.59 Å². The van der Waals surface area contributed by atoms with Gasteiger partial charge in [-0.25, -0.2) is 4.90 Å². The fraction of sp³-hybridized carbons (Fsp3) is 0.333. The van der Waals surface area contributed by atoms with E-state index in [1.54, 1.807) is 24.3 Å². The van der Waals surface area contributed by atoms with Gasteiger partial charge >= 0.3 is 0 Å². The molecule has 90 valence electrons. The molecule has 1 fully saturated rings. The van der Waals surface area contributed by atoms with Crippen molar-refractivity contribution in [2.45, 2.75) is 19.4 Å². The highest BCUT2D eigenvalue weighted by molar-refractivity contribution is 6.22. The Morgan fingerprint density at radius 3 is 2.47 bits per heavy atom. The predicted molar refractivity (Wildman–Crippen MR) is 62.7 cm³/mol. The average molecular weight is 234 g/mol. The summed E-state index contributed by atoms with van der Waals surface area (Å²) in [6.45, 7) is 2.46. The molecular formula is C12H14N2O3. The lowest BCUT2D eigenvalue weighted by atomic mass is 10.2. The zero-order valence-electron chi connectivity index (χ0n) is 9.55. The second-order valence-electron chi connectivity index (χ2n) is 3.80. The zero-order chi connectivity index (χ0) is 12.4. The lowest BCUT2D eigenvalue weighted by molar-refractivity contribution is -0.121. The highest BCUT2D eigenvalue weighted by atomic mass is 16.5. The van der Waals surface area contributed by atoms with Gasteiger partial charge in [0.15, 0.2) is 0 Å². The van der Waals surface area contributed by atoms with E-state index < -0.39 is 6.04 Å². The van der Waals surface area contributed by atoms with Crippen LogP contribution in [0.4, 0.5) is 5.69 Å². The number of benzene rings is 1. The topological polar surface area (TPSA) is 72.6 Å². The molecule has 0 aromatic heterocycles. The number of amides is 2. The van der Waals surface area contributed by atoms with Crippen LogP contribution in [0.15, 0.2) is 24.3 Å². The molecular weight excluding hydrogens is 220 g/mol. The highest BCUT2D eigenvalue weighted by Crippen LogP contribution is 2.24. The third-order valence-corrected chi connectivity index (χ3v) is 2.59. The summed E-state index contributed by atoms with van der Waals surface area (Å²) in [5, 5.41) is 0. The molecule has 0 unspecified atom stereocenters. The fourth-order valence-electron chi connectivity index (χ4n) is 1.78. The monoisotopic (exact) mass is 234 g/mol. The Hall–Kier alpha value is -1.88. The number of nitrogens with two attached hydrogens (primary N) is 1. The van der Waals surface area contributed by atoms with Gasteiger partial charge in [0.05, 0.1) is 24.8 Å². The van der Waals surface area contributed by atoms with Crippen LogP contribution in [0.25, 0.3) is 0 Å². The molecule has 0 radical (unpaired) electrons. The smallest absolute Gasteiger partial charge is 0.251 e. The van der Waals surface area contributed by atoms with Crippen molar-refractivity contribution >= 4 is 17.5 Å². The van der Waals surface area contributed by atoms with Crippen LogP contribution < -0.4 is 15.4 Å². The first kappa shape index (κ1) is 11.6. The number of imide groups is 1. The molecule has 2 rings (SSSR count). The van der Waals surface area contributed by atoms with Crippen LogP contribution >= 0.6 is 0 Å². The maximum Gasteiger partial charge on any atom is 0.251 e. The van der Waals surface area contributed by atoms with E-state index in [-0.39, 0.29) is 18.2 Å². The summed E-state index contributed by atoms with van der Waals surface area (Å²) in [6.07, 6.45) is 0.0754. The lowest BCUT2D eigenvalue weighted by Gasteiger charge is -2.14. The minimum Gasteiger partial charge on any atom is -0.494 e. The predicted octanol–water partition coefficient (Wildman–Crippen LogP) is 0.676. The molecule has 1 aliphatic heterocycles. The fourth-order valence-corrected chi connectivity index (χ4v) is 1.78. The molecule has 1 aromatic rings. The molecule has 2 amide bonds. The molecule has 5 heteroatoms. The Morgan fingerprint density at radius 1 is 1.35 bits per heavy atom. The zero-order valence-corrected chi connectivity index (χ0v) is 9.55. The summed E-state index contributed by atoms with van der Waals surface area (Å²) in [6, 6.07) is 6.10. The van der Waals surface area contributed by atoms with Crippen molar-refractivity contribution in [2.24, 2.45) is 5.73 Å². The van der Waals surface area contributed by atoms with E-state index >= 15 is 0 Å². The highest BCUT2D eigenvalue weighted by Gasteiger charge is 2.37. The van der Waals surface area contributed by atoms with E-state index in [2.05, 4.69) is 0 Å². The van der Waals surface area contributed by atoms with Gasteiger partial charge in [-0.05, 0) is 31.2 Å². The largest absolute Gasteiger partial charge is 0.494 e. The van der Waals surface area contributed by atoms with Crippen LogP contribution in [-0.2, 0) is 9.59 Å². The molecule has 1 aliphatic rings. The van der Waals surface area contributed by atoms with Crippen molar-refractivity contribution in [1.82, 2.24) is 0 Å². The first-order valence-corrected chi connectivity index (χ1v) is 5.48. The van der Waals surface area contributed by atoms with Gasteiger partial charge in [-0.15, -0.1) is 0 Å². The third-order valence-electron chi connectivity index (χ3n) is 2.59. The molecule has 1 heterocycles. The van der Waals surface area contributed by atoms with Crippen molar-refractivity contribution in [3.05, 3.63) is 24.3 Å². The van der Waals surface area contributed by atoms with Gasteiger partial charge in [0.1, 0.15) is 5.75 Å². The number of hydrogen-bond donors (Lipinski definition) is 1. The number of carbonyl (C=O) groups excluding carboxylic acids is 2. The summed E-state index contributed by atoms with van der Waals surface area (Å²) < 4.78 is 5.29. The van der Waals surface area contributed by atoms with Gasteiger partial charge in [0.25, 0.3) is 5.91 Å². The molecule has 17 heavy (non-hydrogen) atoms. The van der Waals surface area contributed by atoms with Gasteiger partial charge in [0, 0.05) is 0 Å². The van der Waals surface area contributed by atoms with Crippen molar-refractivity contribution < 1.29 is 14.3 Å². The van der Waals surface area contributed by atoms with Crippen LogP contribution in [0.1, 0.15) is 13.3 Å². The summed E-state index contributed by atoms with van der Waals surface area (Å²) >= 11 is 0. The second-order valence-corrected chi connectivity index (χ2v) is 3.80. The van der Waals surface area contributed by atoms with Gasteiger partial charge in [-0.3, -0.25) is 9.59 Å². The van der Waals surface area contributed by atoms with Crippen LogP contribution in [0.5, 0.6) is 5.75 Å². The molecule has 1 aromatic carbocycles. The van der Waals surface area contributed by atoms with Crippen LogP contribution in [0, 0.1) is 0 Å². The molecule has 1 saturated heterocycles. The second kappa shape index (κ2) is 4.55. The van der Waals surface area contributed by atoms with E-state index in [1.165, 1.54) is 0 Å². The van der Waals surface area contributed by atoms with Crippen molar-refractivity contribution in [1.29, 1.82) is 0 Å². The van der Waals surface area contributed by atoms with Gasteiger partial charge in [-0.1, -0.05) is 0 Å². The van der Waals surface area contributed by atoms with Crippen molar-refractivity contribution in [3.8, 4) is 5.75 Å². The van der Waals surface area contributed by atoms with E-state index in [4.69, 9.17) is 10.5 Å². The summed E-state index contributed by atoms with van der Waals surface area (Å²) in [4.78, 5) is 24.4. The molecule has 2 N–H and O–H groups in total. The van der Waals surface area contributed by atoms with Crippen LogP contribution in [-0.4, -0.2) is 24.5 Å². The maximum absolute atomic E-state index is 11.7. The third kappa shape index (κ3) is 2.14. The summed E-state index contributed by atoms with van der Waals surface area (Å²) in [5.74, 6) is 0.102. The molecule has 0 spiro atoms. The van der Waals surface area contributed by atoms with Crippen molar-refractivity contribution in [2.75, 3.05) is 11.5 Å². The number of ether oxygens (including phenoxy) is 1. The van der Waals surface area contributed by atoms with E-state index in [1.807, 2.05) is 6.92 Å². The van der Waals surface area contributed by atoms with Gasteiger partial charge in [-0.2, -0.15) is 0 Å². The number of nitrogens with zero attached hydrogens (tertiary/aromatic N) is 1. The van der Waals surface area contributed by atoms with Gasteiger partial charge < -0.3 is 10.5 Å². The lowest BCUT2D eigenvalue weighted by Crippen LogP contribution is -2.35. The van der Waals surface area contributed by atoms with Crippen molar-refractivity contribution in [3.63, 3.8) is 0 Å². The average Bonchev–Trinajstić information content (AvgIpc) is 2.55. The Labute approximate surface area is 99.2 Å². The molecule has 0 aliphatic carbocycles. The normalized spacial score (nSPS) is 19.9. The SMILES string of the molecule is CCOc1ccc(N2C(=O)C[C@H](N)C2=O)cc1. The number of rotatable bonds is 3. The first-order chi connectivity index (χ1) is 8.13. The van der Waals surface area contributed by atoms with Crippen LogP contribution in [0.2, 0.25) is 0 Å². The summed E-state index contributed by atoms with van der Waals surface area (Å²) in [5.41, 5.74) is 6.08. The van der Waals surface area contributed by atoms with E-state index in [0.717, 1.165) is 4.90 Å². The maximum atomic E-state index is 11.7. The first-order valence-electron chi connectivity index (χ1n) is 5.48. The Morgan fingerprint density at radius 2 is 2.00 bits per heavy atom. The molecule has 5 nitrogen and oxygen atoms in total. The molecule has 0 saturated carbocycles. The van der Waals surface area contributed by atoms with Gasteiger partial charge in [0.2, 0.25) is 5.91 Å². The number of hydrogen-bond acceptors (Lipinski definition) is 4. The van der Waals surface area contributed by atoms with E-state index in [0.29, 0.717) is 18.0 Å².